The van der Waals surface area contributed by atoms with Gasteiger partial charge in [0.05, 0.1) is 12.1 Å². The number of aryl methyl sites for hydroxylation is 1. The fourth-order valence-corrected chi connectivity index (χ4v) is 3.66. The van der Waals surface area contributed by atoms with E-state index in [-0.39, 0.29) is 14.5 Å². The standard InChI is InChI=1S/C25H25N5O.2H2/c1-2-7-17-8-3-4-9-18(17)14-24(31)28-19-11-12-21(26)20(15-19)25(27)22-16-30-13-6-5-10-23(30)29-22;;/h3-6,8-13,15-16,27H,2,7,14,26H2,1H3,(H,28,31);2*1H. The van der Waals surface area contributed by atoms with E-state index in [1.807, 2.05) is 47.0 Å². The zero-order chi connectivity index (χ0) is 21.8. The first-order valence-electron chi connectivity index (χ1n) is 10.3. The molecular weight excluding hydrogens is 386 g/mol. The third kappa shape index (κ3) is 4.48. The Morgan fingerprint density at radius 1 is 1.13 bits per heavy atom. The summed E-state index contributed by atoms with van der Waals surface area (Å²) in [6, 6.07) is 18.9. The van der Waals surface area contributed by atoms with Gasteiger partial charge < -0.3 is 15.5 Å². The number of carbonyl (C=O) groups is 1. The van der Waals surface area contributed by atoms with Gasteiger partial charge in [0.25, 0.3) is 0 Å². The van der Waals surface area contributed by atoms with Gasteiger partial charge in [0, 0.05) is 32.2 Å². The molecule has 0 aliphatic carbocycles. The van der Waals surface area contributed by atoms with Gasteiger partial charge in [0.1, 0.15) is 11.3 Å². The summed E-state index contributed by atoms with van der Waals surface area (Å²) in [5.41, 5.74) is 11.5. The summed E-state index contributed by atoms with van der Waals surface area (Å²) < 4.78 is 1.86. The lowest BCUT2D eigenvalue weighted by atomic mass is 10.0. The summed E-state index contributed by atoms with van der Waals surface area (Å²) in [6.07, 6.45) is 5.97. The van der Waals surface area contributed by atoms with Crippen LogP contribution in [0.5, 0.6) is 0 Å². The third-order valence-electron chi connectivity index (χ3n) is 5.22. The maximum Gasteiger partial charge on any atom is 0.228 e. The molecule has 4 aromatic rings. The van der Waals surface area contributed by atoms with Crippen molar-refractivity contribution in [3.05, 3.63) is 95.4 Å². The van der Waals surface area contributed by atoms with Gasteiger partial charge in [0.15, 0.2) is 0 Å². The van der Waals surface area contributed by atoms with Crippen LogP contribution in [0, 0.1) is 5.41 Å². The number of hydrogen-bond donors (Lipinski definition) is 3. The maximum atomic E-state index is 12.7. The van der Waals surface area contributed by atoms with E-state index in [2.05, 4.69) is 23.3 Å². The number of nitrogens with two attached hydrogens (primary N) is 1. The fourth-order valence-electron chi connectivity index (χ4n) is 3.66. The van der Waals surface area contributed by atoms with Crippen molar-refractivity contribution in [3.8, 4) is 0 Å². The maximum absolute atomic E-state index is 12.7. The Hall–Kier alpha value is -3.93. The first kappa shape index (κ1) is 20.3. The number of pyridine rings is 1. The summed E-state index contributed by atoms with van der Waals surface area (Å²) >= 11 is 0. The molecule has 0 aliphatic rings. The quantitative estimate of drug-likeness (QED) is 0.294. The van der Waals surface area contributed by atoms with Crippen LogP contribution in [0.2, 0.25) is 0 Å². The highest BCUT2D eigenvalue weighted by Crippen LogP contribution is 2.22. The molecule has 0 bridgehead atoms. The van der Waals surface area contributed by atoms with Gasteiger partial charge in [-0.2, -0.15) is 0 Å². The number of hydrogen-bond acceptors (Lipinski definition) is 4. The Morgan fingerprint density at radius 2 is 1.90 bits per heavy atom. The van der Waals surface area contributed by atoms with E-state index in [1.54, 1.807) is 24.4 Å². The molecule has 2 aromatic heterocycles. The lowest BCUT2D eigenvalue weighted by Gasteiger charge is -2.12. The molecule has 1 amide bonds. The predicted molar refractivity (Wildman–Crippen MR) is 129 cm³/mol. The van der Waals surface area contributed by atoms with E-state index >= 15 is 0 Å². The van der Waals surface area contributed by atoms with Gasteiger partial charge in [-0.25, -0.2) is 4.98 Å². The van der Waals surface area contributed by atoms with Gasteiger partial charge in [-0.05, 0) is 47.9 Å². The van der Waals surface area contributed by atoms with Crippen LogP contribution in [0.4, 0.5) is 11.4 Å². The van der Waals surface area contributed by atoms with Crippen molar-refractivity contribution in [1.29, 1.82) is 5.41 Å². The fraction of sp³-hybridized carbons (Fsp3) is 0.160. The number of amides is 1. The van der Waals surface area contributed by atoms with Gasteiger partial charge in [-0.15, -0.1) is 0 Å². The van der Waals surface area contributed by atoms with Crippen molar-refractivity contribution in [2.45, 2.75) is 26.2 Å². The first-order valence-corrected chi connectivity index (χ1v) is 10.3. The third-order valence-corrected chi connectivity index (χ3v) is 5.22. The van der Waals surface area contributed by atoms with E-state index < -0.39 is 0 Å². The van der Waals surface area contributed by atoms with Crippen LogP contribution < -0.4 is 11.1 Å². The van der Waals surface area contributed by atoms with Gasteiger partial charge in [-0.3, -0.25) is 10.2 Å². The summed E-state index contributed by atoms with van der Waals surface area (Å²) in [7, 11) is 0. The second-order valence-electron chi connectivity index (χ2n) is 7.51. The zero-order valence-electron chi connectivity index (χ0n) is 17.4. The lowest BCUT2D eigenvalue weighted by molar-refractivity contribution is -0.115. The molecule has 160 valence electrons. The molecule has 4 rings (SSSR count). The number of imidazole rings is 1. The van der Waals surface area contributed by atoms with Crippen molar-refractivity contribution < 1.29 is 7.65 Å². The zero-order valence-corrected chi connectivity index (χ0v) is 17.4. The number of nitrogens with one attached hydrogen (secondary N) is 2. The highest BCUT2D eigenvalue weighted by Gasteiger charge is 2.14. The van der Waals surface area contributed by atoms with E-state index in [0.29, 0.717) is 29.1 Å². The second kappa shape index (κ2) is 8.83. The molecule has 6 nitrogen and oxygen atoms in total. The number of rotatable bonds is 7. The van der Waals surface area contributed by atoms with Crippen LogP contribution >= 0.6 is 0 Å². The average molecular weight is 416 g/mol. The Bertz CT molecular complexity index is 1240. The smallest absolute Gasteiger partial charge is 0.228 e. The van der Waals surface area contributed by atoms with E-state index in [0.717, 1.165) is 24.1 Å². The molecule has 0 fully saturated rings. The highest BCUT2D eigenvalue weighted by atomic mass is 16.1. The largest absolute Gasteiger partial charge is 0.398 e. The molecule has 0 saturated carbocycles. The average Bonchev–Trinajstić information content (AvgIpc) is 3.20. The van der Waals surface area contributed by atoms with Crippen LogP contribution in [0.3, 0.4) is 0 Å². The minimum Gasteiger partial charge on any atom is -0.398 e. The molecule has 0 aliphatic heterocycles. The molecule has 0 radical (unpaired) electrons. The Kier molecular flexibility index (Phi) is 5.80. The number of fused-ring (bicyclic) bond motifs is 1. The molecule has 2 aromatic carbocycles. The van der Waals surface area contributed by atoms with Crippen molar-refractivity contribution >= 4 is 28.6 Å². The number of benzene rings is 2. The van der Waals surface area contributed by atoms with Crippen LogP contribution in [-0.2, 0) is 17.6 Å². The van der Waals surface area contributed by atoms with Crippen LogP contribution in [-0.4, -0.2) is 21.0 Å². The monoisotopic (exact) mass is 415 g/mol. The number of aromatic nitrogens is 2. The SMILES string of the molecule is CCCc1ccccc1CC(=O)Nc1ccc(N)c(C(=N)c2cn3ccccc3n2)c1.[HH].[HH]. The predicted octanol–water partition coefficient (Wildman–Crippen LogP) is 4.96. The van der Waals surface area contributed by atoms with Crippen molar-refractivity contribution in [1.82, 2.24) is 9.38 Å². The summed E-state index contributed by atoms with van der Waals surface area (Å²) in [5.74, 6) is -0.0986. The number of nitrogen functional groups attached to an aromatic ring is 1. The Labute approximate surface area is 184 Å². The van der Waals surface area contributed by atoms with Crippen molar-refractivity contribution in [3.63, 3.8) is 0 Å². The lowest BCUT2D eigenvalue weighted by Crippen LogP contribution is -2.16. The van der Waals surface area contributed by atoms with Crippen LogP contribution in [0.25, 0.3) is 5.65 Å². The Morgan fingerprint density at radius 3 is 2.68 bits per heavy atom. The first-order chi connectivity index (χ1) is 15.0. The summed E-state index contributed by atoms with van der Waals surface area (Å²) in [5, 5.41) is 11.6. The molecule has 0 atom stereocenters. The van der Waals surface area contributed by atoms with E-state index in [1.165, 1.54) is 5.56 Å². The minimum atomic E-state index is -0.0986. The van der Waals surface area contributed by atoms with Crippen molar-refractivity contribution in [2.75, 3.05) is 11.1 Å². The van der Waals surface area contributed by atoms with Gasteiger partial charge in [-0.1, -0.05) is 43.7 Å². The minimum absolute atomic E-state index is 0. The molecule has 0 unspecified atom stereocenters. The normalized spacial score (nSPS) is 10.9. The number of anilines is 2. The molecule has 0 saturated heterocycles. The highest BCUT2D eigenvalue weighted by molar-refractivity contribution is 6.13. The van der Waals surface area contributed by atoms with Gasteiger partial charge >= 0.3 is 0 Å². The second-order valence-corrected chi connectivity index (χ2v) is 7.51. The molecule has 4 N–H and O–H groups in total. The topological polar surface area (TPSA) is 96.3 Å². The molecule has 0 spiro atoms. The number of nitrogens with zero attached hydrogens (tertiary/aromatic N) is 2. The summed E-state index contributed by atoms with van der Waals surface area (Å²) in [6.45, 7) is 2.13. The van der Waals surface area contributed by atoms with E-state index in [9.17, 15) is 4.79 Å². The van der Waals surface area contributed by atoms with E-state index in [4.69, 9.17) is 11.1 Å². The van der Waals surface area contributed by atoms with Crippen molar-refractivity contribution in [2.24, 2.45) is 0 Å². The van der Waals surface area contributed by atoms with Crippen LogP contribution in [0.1, 0.15) is 38.6 Å². The molecule has 6 heteroatoms. The number of carbonyl (C=O) groups excluding carboxylic acids is 1. The Balaban J connectivity index is 0.00000193. The summed E-state index contributed by atoms with van der Waals surface area (Å²) in [4.78, 5) is 17.2. The molecule has 2 heterocycles. The van der Waals surface area contributed by atoms with Crippen LogP contribution in [0.15, 0.2) is 73.1 Å². The molecule has 31 heavy (non-hydrogen) atoms. The molecular formula is C25H29N5O. The van der Waals surface area contributed by atoms with Gasteiger partial charge in [0.2, 0.25) is 5.91 Å².